The highest BCUT2D eigenvalue weighted by atomic mass is 35.5. The van der Waals surface area contributed by atoms with E-state index in [1.807, 2.05) is 0 Å². The molecule has 2 aromatic rings. The first-order valence-corrected chi connectivity index (χ1v) is 9.98. The quantitative estimate of drug-likeness (QED) is 0.382. The standard InChI is InChI=1S/C19H13Cl2N3O5S/c1-10-2-4-12(20)8-14(10)22-17(25)9-23-18(26)16(30-19(23)27)7-11-3-5-13(21)15(6-11)24(28)29/h2-8H,9H2,1H3,(H,22,25)/b16-7-. The predicted molar refractivity (Wildman–Crippen MR) is 116 cm³/mol. The molecule has 1 saturated heterocycles. The third-order valence-electron chi connectivity index (χ3n) is 4.11. The summed E-state index contributed by atoms with van der Waals surface area (Å²) in [5.41, 5.74) is 1.26. The van der Waals surface area contributed by atoms with Crippen LogP contribution in [0, 0.1) is 17.0 Å². The third-order valence-corrected chi connectivity index (χ3v) is 5.58. The Labute approximate surface area is 185 Å². The number of nitrogens with one attached hydrogen (secondary N) is 1. The Morgan fingerprint density at radius 3 is 2.67 bits per heavy atom. The van der Waals surface area contributed by atoms with Crippen molar-refractivity contribution in [2.45, 2.75) is 6.92 Å². The smallest absolute Gasteiger partial charge is 0.294 e. The SMILES string of the molecule is Cc1ccc(Cl)cc1NC(=O)CN1C(=O)S/C(=C\c2ccc(Cl)c([N+](=O)[O-])c2)C1=O. The van der Waals surface area contributed by atoms with E-state index in [4.69, 9.17) is 23.2 Å². The number of aryl methyl sites for hydroxylation is 1. The van der Waals surface area contributed by atoms with Gasteiger partial charge in [-0.05, 0) is 54.1 Å². The molecule has 1 aliphatic heterocycles. The number of hydrogen-bond donors (Lipinski definition) is 1. The molecule has 154 valence electrons. The zero-order valence-corrected chi connectivity index (χ0v) is 17.7. The number of rotatable bonds is 5. The molecular formula is C19H13Cl2N3O5S. The van der Waals surface area contributed by atoms with Gasteiger partial charge in [0, 0.05) is 16.8 Å². The number of nitrogens with zero attached hydrogens (tertiary/aromatic N) is 2. The second-order valence-electron chi connectivity index (χ2n) is 6.24. The number of amides is 3. The molecule has 8 nitrogen and oxygen atoms in total. The second-order valence-corrected chi connectivity index (χ2v) is 8.08. The van der Waals surface area contributed by atoms with Crippen molar-refractivity contribution < 1.29 is 19.3 Å². The molecule has 0 radical (unpaired) electrons. The van der Waals surface area contributed by atoms with Gasteiger partial charge in [-0.15, -0.1) is 0 Å². The summed E-state index contributed by atoms with van der Waals surface area (Å²) in [6.45, 7) is 1.30. The van der Waals surface area contributed by atoms with E-state index < -0.39 is 28.5 Å². The summed E-state index contributed by atoms with van der Waals surface area (Å²) in [6.07, 6.45) is 1.34. The van der Waals surface area contributed by atoms with E-state index in [0.717, 1.165) is 10.5 Å². The van der Waals surface area contributed by atoms with Crippen molar-refractivity contribution in [2.75, 3.05) is 11.9 Å². The molecule has 0 bridgehead atoms. The molecule has 2 aromatic carbocycles. The Morgan fingerprint density at radius 1 is 1.23 bits per heavy atom. The highest BCUT2D eigenvalue weighted by Gasteiger charge is 2.36. The molecule has 0 saturated carbocycles. The van der Waals surface area contributed by atoms with E-state index in [2.05, 4.69) is 5.32 Å². The summed E-state index contributed by atoms with van der Waals surface area (Å²) in [6, 6.07) is 8.98. The van der Waals surface area contributed by atoms with Crippen molar-refractivity contribution in [3.63, 3.8) is 0 Å². The lowest BCUT2D eigenvalue weighted by Gasteiger charge is -2.13. The Kier molecular flexibility index (Phi) is 6.45. The van der Waals surface area contributed by atoms with Crippen molar-refractivity contribution in [3.05, 3.63) is 72.6 Å². The van der Waals surface area contributed by atoms with Crippen LogP contribution in [0.15, 0.2) is 41.3 Å². The minimum Gasteiger partial charge on any atom is -0.324 e. The molecule has 0 aromatic heterocycles. The average Bonchev–Trinajstić information content (AvgIpc) is 2.93. The number of hydrogen-bond acceptors (Lipinski definition) is 6. The van der Waals surface area contributed by atoms with Gasteiger partial charge in [0.25, 0.3) is 16.8 Å². The molecule has 3 amide bonds. The number of carbonyl (C=O) groups excluding carboxylic acids is 3. The third kappa shape index (κ3) is 4.81. The van der Waals surface area contributed by atoms with Gasteiger partial charge in [-0.1, -0.05) is 35.3 Å². The topological polar surface area (TPSA) is 110 Å². The van der Waals surface area contributed by atoms with Crippen molar-refractivity contribution in [1.82, 2.24) is 4.90 Å². The van der Waals surface area contributed by atoms with Crippen LogP contribution in [-0.2, 0) is 9.59 Å². The highest BCUT2D eigenvalue weighted by Crippen LogP contribution is 2.33. The molecule has 0 atom stereocenters. The van der Waals surface area contributed by atoms with E-state index in [1.165, 1.54) is 24.3 Å². The Bertz CT molecular complexity index is 1120. The predicted octanol–water partition coefficient (Wildman–Crippen LogP) is 4.89. The first-order valence-electron chi connectivity index (χ1n) is 8.41. The minimum absolute atomic E-state index is 0.0433. The molecule has 11 heteroatoms. The monoisotopic (exact) mass is 465 g/mol. The van der Waals surface area contributed by atoms with E-state index in [0.29, 0.717) is 28.0 Å². The lowest BCUT2D eigenvalue weighted by atomic mass is 10.2. The average molecular weight is 466 g/mol. The van der Waals surface area contributed by atoms with Crippen LogP contribution in [0.2, 0.25) is 10.0 Å². The molecule has 1 fully saturated rings. The van der Waals surface area contributed by atoms with Gasteiger partial charge >= 0.3 is 0 Å². The number of nitro groups is 1. The normalized spacial score (nSPS) is 15.0. The van der Waals surface area contributed by atoms with Gasteiger partial charge in [0.15, 0.2) is 0 Å². The molecule has 0 unspecified atom stereocenters. The number of thioether (sulfide) groups is 1. The maximum absolute atomic E-state index is 12.6. The van der Waals surface area contributed by atoms with E-state index >= 15 is 0 Å². The Hall–Kier alpha value is -2.88. The van der Waals surface area contributed by atoms with Gasteiger partial charge in [0.1, 0.15) is 11.6 Å². The lowest BCUT2D eigenvalue weighted by Crippen LogP contribution is -2.36. The van der Waals surface area contributed by atoms with Crippen LogP contribution in [0.3, 0.4) is 0 Å². The lowest BCUT2D eigenvalue weighted by molar-refractivity contribution is -0.384. The second kappa shape index (κ2) is 8.86. The first-order chi connectivity index (χ1) is 14.2. The number of nitro benzene ring substituents is 1. The van der Waals surface area contributed by atoms with Gasteiger partial charge in [0.2, 0.25) is 5.91 Å². The van der Waals surface area contributed by atoms with Crippen molar-refractivity contribution >= 4 is 69.5 Å². The maximum Gasteiger partial charge on any atom is 0.294 e. The van der Waals surface area contributed by atoms with Crippen molar-refractivity contribution in [2.24, 2.45) is 0 Å². The van der Waals surface area contributed by atoms with Crippen LogP contribution < -0.4 is 5.32 Å². The molecule has 1 N–H and O–H groups in total. The zero-order chi connectivity index (χ0) is 22.0. The molecule has 0 spiro atoms. The number of imide groups is 1. The first kappa shape index (κ1) is 21.8. The number of halogens is 2. The molecule has 1 heterocycles. The van der Waals surface area contributed by atoms with Gasteiger partial charge in [-0.25, -0.2) is 0 Å². The molecule has 3 rings (SSSR count). The minimum atomic E-state index is -0.666. The summed E-state index contributed by atoms with van der Waals surface area (Å²) >= 11 is 12.3. The fourth-order valence-corrected chi connectivity index (χ4v) is 3.81. The molecular weight excluding hydrogens is 453 g/mol. The summed E-state index contributed by atoms with van der Waals surface area (Å²) in [4.78, 5) is 48.3. The Morgan fingerprint density at radius 2 is 1.97 bits per heavy atom. The van der Waals surface area contributed by atoms with E-state index in [-0.39, 0.29) is 15.6 Å². The summed E-state index contributed by atoms with van der Waals surface area (Å²) in [5.74, 6) is -1.23. The molecule has 1 aliphatic rings. The van der Waals surface area contributed by atoms with Crippen LogP contribution >= 0.6 is 35.0 Å². The fraction of sp³-hybridized carbons (Fsp3) is 0.105. The summed E-state index contributed by atoms with van der Waals surface area (Å²) in [5, 5.41) is 13.4. The van der Waals surface area contributed by atoms with E-state index in [1.54, 1.807) is 25.1 Å². The largest absolute Gasteiger partial charge is 0.324 e. The van der Waals surface area contributed by atoms with Crippen LogP contribution in [0.1, 0.15) is 11.1 Å². The fourth-order valence-electron chi connectivity index (χ4n) is 2.61. The van der Waals surface area contributed by atoms with Gasteiger partial charge in [-0.3, -0.25) is 29.4 Å². The Balaban J connectivity index is 1.75. The molecule has 0 aliphatic carbocycles. The van der Waals surface area contributed by atoms with Crippen LogP contribution in [0.25, 0.3) is 6.08 Å². The highest BCUT2D eigenvalue weighted by molar-refractivity contribution is 8.18. The summed E-state index contributed by atoms with van der Waals surface area (Å²) in [7, 11) is 0. The van der Waals surface area contributed by atoms with Crippen LogP contribution in [-0.4, -0.2) is 33.4 Å². The van der Waals surface area contributed by atoms with Gasteiger partial charge in [0.05, 0.1) is 9.83 Å². The summed E-state index contributed by atoms with van der Waals surface area (Å²) < 4.78 is 0. The number of carbonyl (C=O) groups is 3. The molecule has 30 heavy (non-hydrogen) atoms. The van der Waals surface area contributed by atoms with Crippen molar-refractivity contribution in [3.8, 4) is 0 Å². The van der Waals surface area contributed by atoms with Crippen LogP contribution in [0.4, 0.5) is 16.2 Å². The van der Waals surface area contributed by atoms with Gasteiger partial charge in [-0.2, -0.15) is 0 Å². The maximum atomic E-state index is 12.6. The van der Waals surface area contributed by atoms with Crippen LogP contribution in [0.5, 0.6) is 0 Å². The van der Waals surface area contributed by atoms with Gasteiger partial charge < -0.3 is 5.32 Å². The number of benzene rings is 2. The number of anilines is 1. The van der Waals surface area contributed by atoms with E-state index in [9.17, 15) is 24.5 Å². The zero-order valence-electron chi connectivity index (χ0n) is 15.3. The van der Waals surface area contributed by atoms with Crippen molar-refractivity contribution in [1.29, 1.82) is 0 Å².